The molecule has 0 aliphatic heterocycles. The maximum Gasteiger partial charge on any atom is 0.330 e. The monoisotopic (exact) mass is 328 g/mol. The summed E-state index contributed by atoms with van der Waals surface area (Å²) in [6.45, 7) is 2.29. The summed E-state index contributed by atoms with van der Waals surface area (Å²) in [5.74, 6) is 0. The topological polar surface area (TPSA) is 78.9 Å². The molecule has 0 saturated carbocycles. The number of H-pyrrole nitrogens is 1. The Balaban J connectivity index is 1.78. The Morgan fingerprint density at radius 3 is 2.78 bits per heavy atom. The molecule has 2 heterocycles. The highest BCUT2D eigenvalue weighted by molar-refractivity contribution is 7.09. The van der Waals surface area contributed by atoms with Crippen molar-refractivity contribution in [3.8, 4) is 5.69 Å². The number of urea groups is 1. The minimum absolute atomic E-state index is 0.240. The van der Waals surface area contributed by atoms with Crippen molar-refractivity contribution in [1.29, 1.82) is 0 Å². The molecule has 3 aromatic rings. The molecular weight excluding hydrogens is 312 g/mol. The van der Waals surface area contributed by atoms with E-state index in [0.29, 0.717) is 17.9 Å². The second-order valence-corrected chi connectivity index (χ2v) is 6.01. The fourth-order valence-electron chi connectivity index (χ4n) is 2.28. The first-order chi connectivity index (χ1) is 11.1. The number of aromatic amines is 1. The molecule has 3 N–H and O–H groups in total. The van der Waals surface area contributed by atoms with Crippen molar-refractivity contribution in [3.05, 3.63) is 69.0 Å². The molecule has 1 aromatic carbocycles. The van der Waals surface area contributed by atoms with Crippen molar-refractivity contribution in [2.24, 2.45) is 0 Å². The number of carbonyl (C=O) groups excluding carboxylic acids is 1. The lowest BCUT2D eigenvalue weighted by molar-refractivity contribution is 0.252. The Hall–Kier alpha value is -2.80. The second kappa shape index (κ2) is 6.53. The zero-order chi connectivity index (χ0) is 16.2. The first-order valence-corrected chi connectivity index (χ1v) is 7.97. The molecule has 0 bridgehead atoms. The molecule has 118 valence electrons. The van der Waals surface area contributed by atoms with E-state index in [1.165, 1.54) is 4.57 Å². The van der Waals surface area contributed by atoms with E-state index in [0.717, 1.165) is 10.6 Å². The van der Waals surface area contributed by atoms with Crippen LogP contribution in [0.3, 0.4) is 0 Å². The number of amides is 2. The number of nitrogens with one attached hydrogen (secondary N) is 3. The van der Waals surface area contributed by atoms with Crippen molar-refractivity contribution in [2.75, 3.05) is 5.32 Å². The third-order valence-corrected chi connectivity index (χ3v) is 4.23. The van der Waals surface area contributed by atoms with Gasteiger partial charge in [0.05, 0.1) is 17.9 Å². The van der Waals surface area contributed by atoms with Crippen LogP contribution in [0.2, 0.25) is 0 Å². The summed E-state index contributed by atoms with van der Waals surface area (Å²) in [6.07, 6.45) is 1.63. The average Bonchev–Trinajstić information content (AvgIpc) is 3.17. The number of aromatic nitrogens is 2. The molecule has 7 heteroatoms. The van der Waals surface area contributed by atoms with E-state index in [1.54, 1.807) is 29.7 Å². The first-order valence-electron chi connectivity index (χ1n) is 7.09. The average molecular weight is 328 g/mol. The Morgan fingerprint density at radius 1 is 1.26 bits per heavy atom. The number of thiophene rings is 1. The van der Waals surface area contributed by atoms with E-state index in [-0.39, 0.29) is 11.7 Å². The number of carbonyl (C=O) groups is 1. The van der Waals surface area contributed by atoms with Gasteiger partial charge in [-0.15, -0.1) is 11.3 Å². The minimum atomic E-state index is -0.313. The largest absolute Gasteiger partial charge is 0.333 e. The molecule has 0 radical (unpaired) electrons. The van der Waals surface area contributed by atoms with E-state index in [4.69, 9.17) is 0 Å². The standard InChI is InChI=1S/C16H16N4O2S/c1-11-9-18-16(22)20(11)14-7-3-2-6-13(14)19-15(21)17-10-12-5-4-8-23-12/h2-9H,10H2,1H3,(H,18,22)(H2,17,19,21). The molecule has 0 saturated heterocycles. The minimum Gasteiger partial charge on any atom is -0.333 e. The fourth-order valence-corrected chi connectivity index (χ4v) is 2.92. The third-order valence-electron chi connectivity index (χ3n) is 3.36. The van der Waals surface area contributed by atoms with Crippen LogP contribution < -0.4 is 16.3 Å². The summed E-state index contributed by atoms with van der Waals surface area (Å²) in [7, 11) is 0. The van der Waals surface area contributed by atoms with Gasteiger partial charge in [-0.1, -0.05) is 18.2 Å². The summed E-state index contributed by atoms with van der Waals surface area (Å²) in [6, 6.07) is 10.8. The highest BCUT2D eigenvalue weighted by Crippen LogP contribution is 2.19. The summed E-state index contributed by atoms with van der Waals surface area (Å²) in [5, 5.41) is 7.56. The highest BCUT2D eigenvalue weighted by Gasteiger charge is 2.11. The van der Waals surface area contributed by atoms with Gasteiger partial charge in [-0.2, -0.15) is 0 Å². The van der Waals surface area contributed by atoms with Crippen molar-refractivity contribution in [1.82, 2.24) is 14.9 Å². The van der Waals surface area contributed by atoms with Crippen LogP contribution in [0.15, 0.2) is 52.8 Å². The molecule has 0 fully saturated rings. The first kappa shape index (κ1) is 15.1. The predicted molar refractivity (Wildman–Crippen MR) is 91.3 cm³/mol. The van der Waals surface area contributed by atoms with E-state index >= 15 is 0 Å². The molecule has 0 spiro atoms. The van der Waals surface area contributed by atoms with Crippen LogP contribution in [0.4, 0.5) is 10.5 Å². The number of rotatable bonds is 4. The van der Waals surface area contributed by atoms with Gasteiger partial charge in [0.25, 0.3) is 0 Å². The number of para-hydroxylation sites is 2. The number of anilines is 1. The second-order valence-electron chi connectivity index (χ2n) is 4.97. The van der Waals surface area contributed by atoms with E-state index in [1.807, 2.05) is 36.6 Å². The normalized spacial score (nSPS) is 10.5. The van der Waals surface area contributed by atoms with Gasteiger partial charge in [-0.3, -0.25) is 4.57 Å². The molecule has 23 heavy (non-hydrogen) atoms. The van der Waals surface area contributed by atoms with Crippen molar-refractivity contribution in [3.63, 3.8) is 0 Å². The summed E-state index contributed by atoms with van der Waals surface area (Å²) in [5.41, 5.74) is 1.72. The van der Waals surface area contributed by atoms with Crippen molar-refractivity contribution >= 4 is 23.1 Å². The predicted octanol–water partition coefficient (Wildman–Crippen LogP) is 2.86. The van der Waals surface area contributed by atoms with Crippen LogP contribution in [0.25, 0.3) is 5.69 Å². The quantitative estimate of drug-likeness (QED) is 0.688. The van der Waals surface area contributed by atoms with Crippen LogP contribution in [-0.2, 0) is 6.54 Å². The SMILES string of the molecule is Cc1c[nH]c(=O)n1-c1ccccc1NC(=O)NCc1cccs1. The lowest BCUT2D eigenvalue weighted by Gasteiger charge is -2.12. The van der Waals surface area contributed by atoms with Gasteiger partial charge in [0.2, 0.25) is 0 Å². The number of benzene rings is 1. The Kier molecular flexibility index (Phi) is 4.29. The van der Waals surface area contributed by atoms with Gasteiger partial charge < -0.3 is 15.6 Å². The third kappa shape index (κ3) is 3.35. The Morgan fingerprint density at radius 2 is 2.09 bits per heavy atom. The van der Waals surface area contributed by atoms with E-state index in [2.05, 4.69) is 15.6 Å². The summed E-state index contributed by atoms with van der Waals surface area (Å²) >= 11 is 1.58. The van der Waals surface area contributed by atoms with Crippen LogP contribution >= 0.6 is 11.3 Å². The number of nitrogens with zero attached hydrogens (tertiary/aromatic N) is 1. The summed E-state index contributed by atoms with van der Waals surface area (Å²) in [4.78, 5) is 27.7. The molecule has 0 aliphatic carbocycles. The van der Waals surface area contributed by atoms with Crippen LogP contribution in [0.1, 0.15) is 10.6 Å². The van der Waals surface area contributed by atoms with Crippen LogP contribution in [0, 0.1) is 6.92 Å². The van der Waals surface area contributed by atoms with Crippen molar-refractivity contribution < 1.29 is 4.79 Å². The lowest BCUT2D eigenvalue weighted by atomic mass is 10.2. The van der Waals surface area contributed by atoms with E-state index in [9.17, 15) is 9.59 Å². The molecule has 0 aliphatic rings. The maximum atomic E-state index is 12.1. The smallest absolute Gasteiger partial charge is 0.330 e. The molecule has 2 aromatic heterocycles. The molecule has 0 unspecified atom stereocenters. The van der Waals surface area contributed by atoms with Crippen LogP contribution in [-0.4, -0.2) is 15.6 Å². The van der Waals surface area contributed by atoms with Gasteiger partial charge in [0.1, 0.15) is 0 Å². The number of aryl methyl sites for hydroxylation is 1. The van der Waals surface area contributed by atoms with Gasteiger partial charge >= 0.3 is 11.7 Å². The molecular formula is C16H16N4O2S. The summed E-state index contributed by atoms with van der Waals surface area (Å²) < 4.78 is 1.52. The lowest BCUT2D eigenvalue weighted by Crippen LogP contribution is -2.29. The van der Waals surface area contributed by atoms with Gasteiger partial charge in [0, 0.05) is 16.8 Å². The van der Waals surface area contributed by atoms with Gasteiger partial charge in [-0.25, -0.2) is 9.59 Å². The fraction of sp³-hybridized carbons (Fsp3) is 0.125. The molecule has 6 nitrogen and oxygen atoms in total. The Bertz CT molecular complexity index is 864. The van der Waals surface area contributed by atoms with E-state index < -0.39 is 0 Å². The zero-order valence-corrected chi connectivity index (χ0v) is 13.3. The van der Waals surface area contributed by atoms with Crippen LogP contribution in [0.5, 0.6) is 0 Å². The van der Waals surface area contributed by atoms with Gasteiger partial charge in [0.15, 0.2) is 0 Å². The highest BCUT2D eigenvalue weighted by atomic mass is 32.1. The Labute approximate surface area is 136 Å². The number of imidazole rings is 1. The van der Waals surface area contributed by atoms with Gasteiger partial charge in [-0.05, 0) is 30.5 Å². The number of hydrogen-bond donors (Lipinski definition) is 3. The molecule has 3 rings (SSSR count). The maximum absolute atomic E-state index is 12.1. The zero-order valence-electron chi connectivity index (χ0n) is 12.5. The molecule has 0 atom stereocenters. The molecule has 2 amide bonds. The number of hydrogen-bond acceptors (Lipinski definition) is 3. The van der Waals surface area contributed by atoms with Crippen molar-refractivity contribution in [2.45, 2.75) is 13.5 Å².